The number of aryl methyl sites for hydroxylation is 2. The molecular formula is C24H29NO3S2. The number of carbonyl (C=O) groups excluding carboxylic acids is 1. The van der Waals surface area contributed by atoms with Crippen LogP contribution in [0.25, 0.3) is 0 Å². The first kappa shape index (κ1) is 22.6. The van der Waals surface area contributed by atoms with Crippen LogP contribution in [0.2, 0.25) is 0 Å². The number of rotatable bonds is 1. The van der Waals surface area contributed by atoms with Crippen molar-refractivity contribution in [2.75, 3.05) is 0 Å². The zero-order valence-corrected chi connectivity index (χ0v) is 19.6. The van der Waals surface area contributed by atoms with Gasteiger partial charge in [0.05, 0.1) is 9.64 Å². The minimum Gasteiger partial charge on any atom is -0.366 e. The number of fused-ring (bicyclic) bond motifs is 2. The molecule has 6 heteroatoms. The molecule has 2 heterocycles. The zero-order chi connectivity index (χ0) is 22.3. The van der Waals surface area contributed by atoms with Crippen molar-refractivity contribution in [3.05, 3.63) is 70.1 Å². The van der Waals surface area contributed by atoms with Crippen LogP contribution < -0.4 is 5.73 Å². The summed E-state index contributed by atoms with van der Waals surface area (Å²) < 4.78 is 24.4. The Hall–Kier alpha value is -2.05. The Labute approximate surface area is 183 Å². The van der Waals surface area contributed by atoms with Crippen molar-refractivity contribution in [1.29, 1.82) is 0 Å². The number of primary amides is 1. The number of nitrogens with two attached hydrogens (primary N) is 1. The third kappa shape index (κ3) is 4.21. The first-order chi connectivity index (χ1) is 13.9. The molecule has 2 N–H and O–H groups in total. The second-order valence-corrected chi connectivity index (χ2v) is 12.5. The number of benzene rings is 2. The average molecular weight is 444 g/mol. The topological polar surface area (TPSA) is 77.2 Å². The highest BCUT2D eigenvalue weighted by Crippen LogP contribution is 2.44. The Morgan fingerprint density at radius 3 is 2.53 bits per heavy atom. The molecule has 4 nitrogen and oxygen atoms in total. The number of hydrogen-bond acceptors (Lipinski definition) is 4. The summed E-state index contributed by atoms with van der Waals surface area (Å²) in [6.07, 6.45) is 2.89. The standard InChI is InChI=1S/C14H19NO3S.C10H10S/c1-8-5-10-9(2)7-14(3,4)19(17,18)12(10)6-11(8)13(15)16;1-8-6-7-9-4-2-3-5-10(9)11-8/h5-6,9H,7H2,1-4H3,(H2,15,16);2-5H,1,6-7H2. The van der Waals surface area contributed by atoms with Gasteiger partial charge in [0.15, 0.2) is 9.84 Å². The molecule has 0 bridgehead atoms. The van der Waals surface area contributed by atoms with Crippen LogP contribution in [0, 0.1) is 6.92 Å². The molecule has 1 amide bonds. The van der Waals surface area contributed by atoms with Gasteiger partial charge in [-0.1, -0.05) is 49.5 Å². The monoisotopic (exact) mass is 443 g/mol. The summed E-state index contributed by atoms with van der Waals surface area (Å²) in [7, 11) is -3.43. The molecular weight excluding hydrogens is 414 g/mol. The van der Waals surface area contributed by atoms with E-state index in [1.807, 2.05) is 18.7 Å². The van der Waals surface area contributed by atoms with E-state index in [1.54, 1.807) is 26.8 Å². The number of thioether (sulfide) groups is 1. The fourth-order valence-electron chi connectivity index (χ4n) is 4.14. The van der Waals surface area contributed by atoms with Crippen molar-refractivity contribution in [3.8, 4) is 0 Å². The van der Waals surface area contributed by atoms with Gasteiger partial charge in [0.25, 0.3) is 0 Å². The largest absolute Gasteiger partial charge is 0.366 e. The van der Waals surface area contributed by atoms with Gasteiger partial charge in [-0.05, 0) is 79.7 Å². The molecule has 2 aliphatic rings. The lowest BCUT2D eigenvalue weighted by Gasteiger charge is -2.35. The maximum absolute atomic E-state index is 12.6. The Morgan fingerprint density at radius 1 is 1.20 bits per heavy atom. The second kappa shape index (κ2) is 8.23. The van der Waals surface area contributed by atoms with E-state index < -0.39 is 20.5 Å². The normalized spacial score (nSPS) is 20.9. The quantitative estimate of drug-likeness (QED) is 0.641. The van der Waals surface area contributed by atoms with Gasteiger partial charge in [0.1, 0.15) is 0 Å². The van der Waals surface area contributed by atoms with Crippen molar-refractivity contribution in [1.82, 2.24) is 0 Å². The van der Waals surface area contributed by atoms with E-state index in [9.17, 15) is 13.2 Å². The lowest BCUT2D eigenvalue weighted by molar-refractivity contribution is 0.0999. The first-order valence-electron chi connectivity index (χ1n) is 10.1. The highest BCUT2D eigenvalue weighted by Gasteiger charge is 2.43. The molecule has 30 heavy (non-hydrogen) atoms. The van der Waals surface area contributed by atoms with Crippen LogP contribution in [0.5, 0.6) is 0 Å². The molecule has 0 aromatic heterocycles. The van der Waals surface area contributed by atoms with Gasteiger partial charge < -0.3 is 5.73 Å². The molecule has 4 rings (SSSR count). The van der Waals surface area contributed by atoms with E-state index in [0.29, 0.717) is 6.42 Å². The van der Waals surface area contributed by atoms with Gasteiger partial charge in [0.2, 0.25) is 5.91 Å². The van der Waals surface area contributed by atoms with Crippen molar-refractivity contribution in [2.24, 2.45) is 5.73 Å². The number of allylic oxidation sites excluding steroid dienone is 1. The third-order valence-corrected chi connectivity index (χ3v) is 9.53. The molecule has 0 aliphatic carbocycles. The smallest absolute Gasteiger partial charge is 0.249 e. The average Bonchev–Trinajstić information content (AvgIpc) is 2.66. The minimum absolute atomic E-state index is 0.147. The van der Waals surface area contributed by atoms with Gasteiger partial charge in [-0.2, -0.15) is 0 Å². The molecule has 0 saturated carbocycles. The van der Waals surface area contributed by atoms with Crippen molar-refractivity contribution in [2.45, 2.75) is 67.4 Å². The van der Waals surface area contributed by atoms with Crippen LogP contribution in [-0.2, 0) is 16.3 Å². The highest BCUT2D eigenvalue weighted by molar-refractivity contribution is 8.03. The van der Waals surface area contributed by atoms with Crippen molar-refractivity contribution < 1.29 is 13.2 Å². The van der Waals surface area contributed by atoms with E-state index in [2.05, 4.69) is 30.8 Å². The third-order valence-electron chi connectivity index (χ3n) is 5.87. The van der Waals surface area contributed by atoms with Crippen LogP contribution in [0.3, 0.4) is 0 Å². The molecule has 0 spiro atoms. The maximum atomic E-state index is 12.6. The SMILES string of the molecule is C=C1CCc2ccccc2S1.Cc1cc2c(cc1C(N)=O)S(=O)(=O)C(C)(C)CC2C. The summed E-state index contributed by atoms with van der Waals surface area (Å²) >= 11 is 1.82. The van der Waals surface area contributed by atoms with Crippen molar-refractivity contribution >= 4 is 27.5 Å². The van der Waals surface area contributed by atoms with E-state index in [4.69, 9.17) is 5.73 Å². The Kier molecular flexibility index (Phi) is 6.21. The summed E-state index contributed by atoms with van der Waals surface area (Å²) in [5, 5.41) is 0. The van der Waals surface area contributed by atoms with Crippen LogP contribution in [0.15, 0.2) is 57.7 Å². The van der Waals surface area contributed by atoms with Gasteiger partial charge in [-0.25, -0.2) is 8.42 Å². The van der Waals surface area contributed by atoms with E-state index in [-0.39, 0.29) is 16.4 Å². The van der Waals surface area contributed by atoms with Gasteiger partial charge in [0, 0.05) is 10.5 Å². The van der Waals surface area contributed by atoms with E-state index in [0.717, 1.165) is 17.5 Å². The number of sulfone groups is 1. The fourth-order valence-corrected chi connectivity index (χ4v) is 7.01. The predicted molar refractivity (Wildman–Crippen MR) is 124 cm³/mol. The predicted octanol–water partition coefficient (Wildman–Crippen LogP) is 5.39. The number of carbonyl (C=O) groups is 1. The molecule has 2 aliphatic heterocycles. The van der Waals surface area contributed by atoms with Crippen LogP contribution in [0.1, 0.15) is 66.6 Å². The maximum Gasteiger partial charge on any atom is 0.249 e. The van der Waals surface area contributed by atoms with Crippen LogP contribution >= 0.6 is 11.8 Å². The molecule has 2 aromatic carbocycles. The van der Waals surface area contributed by atoms with Gasteiger partial charge in [-0.3, -0.25) is 4.79 Å². The second-order valence-electron chi connectivity index (χ2n) is 8.69. The summed E-state index contributed by atoms with van der Waals surface area (Å²) in [6.45, 7) is 11.2. The molecule has 1 unspecified atom stereocenters. The molecule has 160 valence electrons. The summed E-state index contributed by atoms with van der Waals surface area (Å²) in [5.74, 6) is -0.444. The minimum atomic E-state index is -3.43. The van der Waals surface area contributed by atoms with E-state index in [1.165, 1.54) is 27.9 Å². The van der Waals surface area contributed by atoms with E-state index >= 15 is 0 Å². The molecule has 0 radical (unpaired) electrons. The van der Waals surface area contributed by atoms with Gasteiger partial charge >= 0.3 is 0 Å². The molecule has 1 atom stereocenters. The zero-order valence-electron chi connectivity index (χ0n) is 18.0. The number of hydrogen-bond donors (Lipinski definition) is 1. The fraction of sp³-hybridized carbons (Fsp3) is 0.375. The molecule has 0 saturated heterocycles. The van der Waals surface area contributed by atoms with Crippen molar-refractivity contribution in [3.63, 3.8) is 0 Å². The number of amides is 1. The Morgan fingerprint density at radius 2 is 1.87 bits per heavy atom. The van der Waals surface area contributed by atoms with Crippen LogP contribution in [-0.4, -0.2) is 19.1 Å². The highest BCUT2D eigenvalue weighted by atomic mass is 32.2. The lowest BCUT2D eigenvalue weighted by Crippen LogP contribution is -2.38. The Balaban J connectivity index is 0.000000196. The first-order valence-corrected chi connectivity index (χ1v) is 12.4. The lowest BCUT2D eigenvalue weighted by atomic mass is 9.88. The summed E-state index contributed by atoms with van der Waals surface area (Å²) in [5.41, 5.74) is 8.59. The summed E-state index contributed by atoms with van der Waals surface area (Å²) in [4.78, 5) is 14.3. The summed E-state index contributed by atoms with van der Waals surface area (Å²) in [6, 6.07) is 11.8. The molecule has 2 aromatic rings. The van der Waals surface area contributed by atoms with Gasteiger partial charge in [-0.15, -0.1) is 0 Å². The molecule has 0 fully saturated rings. The van der Waals surface area contributed by atoms with Crippen LogP contribution in [0.4, 0.5) is 0 Å². The Bertz CT molecular complexity index is 1120.